The molecule has 4 aromatic rings. The van der Waals surface area contributed by atoms with Gasteiger partial charge < -0.3 is 4.57 Å². The van der Waals surface area contributed by atoms with Gasteiger partial charge in [-0.25, -0.2) is 0 Å². The van der Waals surface area contributed by atoms with Crippen LogP contribution < -0.4 is 4.80 Å². The fourth-order valence-electron chi connectivity index (χ4n) is 2.94. The largest absolute Gasteiger partial charge is 0.324 e. The van der Waals surface area contributed by atoms with Crippen molar-refractivity contribution in [1.29, 1.82) is 0 Å². The van der Waals surface area contributed by atoms with Crippen LogP contribution in [0.3, 0.4) is 0 Å². The number of carbonyl (C=O) groups is 1. The van der Waals surface area contributed by atoms with E-state index >= 15 is 0 Å². The highest BCUT2D eigenvalue weighted by Crippen LogP contribution is 2.28. The van der Waals surface area contributed by atoms with Crippen LogP contribution in [-0.2, 0) is 11.3 Å². The van der Waals surface area contributed by atoms with E-state index in [-0.39, 0.29) is 5.00 Å². The maximum atomic E-state index is 12.4. The second kappa shape index (κ2) is 7.83. The number of thiazole rings is 1. The molecule has 0 unspecified atom stereocenters. The van der Waals surface area contributed by atoms with Crippen molar-refractivity contribution in [3.8, 4) is 12.3 Å². The van der Waals surface area contributed by atoms with Crippen molar-refractivity contribution in [2.24, 2.45) is 4.99 Å². The second-order valence-corrected chi connectivity index (χ2v) is 8.10. The number of rotatable bonds is 4. The number of thiophene rings is 1. The standard InChI is InChI=1S/C21H13N3O3S2/c1-2-13-23-17-10-7-14-5-3-4-6-16(14)20(17)29-21(23)22-18(25)11-8-15-9-12-19(28-15)24(26)27/h1,3-12H,13H2/b11-8+,22-21?. The average Bonchev–Trinajstić information content (AvgIpc) is 3.32. The molecule has 29 heavy (non-hydrogen) atoms. The van der Waals surface area contributed by atoms with Crippen molar-refractivity contribution in [3.63, 3.8) is 0 Å². The minimum Gasteiger partial charge on any atom is -0.305 e. The Balaban J connectivity index is 1.76. The van der Waals surface area contributed by atoms with E-state index in [0.717, 1.165) is 32.3 Å². The van der Waals surface area contributed by atoms with E-state index in [9.17, 15) is 14.9 Å². The molecule has 0 aliphatic rings. The first kappa shape index (κ1) is 18.8. The van der Waals surface area contributed by atoms with Gasteiger partial charge in [-0.05, 0) is 23.6 Å². The van der Waals surface area contributed by atoms with Crippen LogP contribution in [0.15, 0.2) is 59.6 Å². The second-order valence-electron chi connectivity index (χ2n) is 6.03. The van der Waals surface area contributed by atoms with Gasteiger partial charge in [0.25, 0.3) is 5.91 Å². The number of carbonyl (C=O) groups excluding carboxylic acids is 1. The third-order valence-electron chi connectivity index (χ3n) is 4.21. The molecule has 8 heteroatoms. The van der Waals surface area contributed by atoms with Gasteiger partial charge in [0.2, 0.25) is 0 Å². The third-order valence-corrected chi connectivity index (χ3v) is 6.34. The summed E-state index contributed by atoms with van der Waals surface area (Å²) in [5, 5.41) is 13.0. The number of benzene rings is 2. The van der Waals surface area contributed by atoms with E-state index in [1.807, 2.05) is 41.0 Å². The molecule has 0 fully saturated rings. The first-order chi connectivity index (χ1) is 14.1. The van der Waals surface area contributed by atoms with Gasteiger partial charge in [-0.2, -0.15) is 4.99 Å². The highest BCUT2D eigenvalue weighted by atomic mass is 32.1. The first-order valence-electron chi connectivity index (χ1n) is 8.52. The molecule has 0 radical (unpaired) electrons. The van der Waals surface area contributed by atoms with Crippen LogP contribution in [0.5, 0.6) is 0 Å². The minimum atomic E-state index is -0.460. The van der Waals surface area contributed by atoms with Crippen molar-refractivity contribution >= 4 is 60.6 Å². The summed E-state index contributed by atoms with van der Waals surface area (Å²) < 4.78 is 2.86. The molecule has 2 aromatic heterocycles. The minimum absolute atomic E-state index is 0.0253. The van der Waals surface area contributed by atoms with Crippen LogP contribution in [0.1, 0.15) is 4.88 Å². The van der Waals surface area contributed by atoms with E-state index in [0.29, 0.717) is 16.2 Å². The first-order valence-corrected chi connectivity index (χ1v) is 10.2. The van der Waals surface area contributed by atoms with Gasteiger partial charge in [0, 0.05) is 22.4 Å². The molecule has 2 heterocycles. The molecule has 6 nitrogen and oxygen atoms in total. The molecule has 0 saturated heterocycles. The Morgan fingerprint density at radius 2 is 2.03 bits per heavy atom. The van der Waals surface area contributed by atoms with E-state index < -0.39 is 10.8 Å². The average molecular weight is 419 g/mol. The lowest BCUT2D eigenvalue weighted by Crippen LogP contribution is -2.15. The number of terminal acetylenes is 1. The lowest BCUT2D eigenvalue weighted by Gasteiger charge is -2.01. The molecule has 0 atom stereocenters. The van der Waals surface area contributed by atoms with Crippen molar-refractivity contribution < 1.29 is 9.72 Å². The molecule has 0 aliphatic heterocycles. The number of hydrogen-bond acceptors (Lipinski definition) is 5. The molecule has 0 bridgehead atoms. The van der Waals surface area contributed by atoms with Crippen molar-refractivity contribution in [1.82, 2.24) is 4.57 Å². The molecule has 0 spiro atoms. The van der Waals surface area contributed by atoms with E-state index in [1.165, 1.54) is 29.6 Å². The van der Waals surface area contributed by atoms with Gasteiger partial charge in [0.15, 0.2) is 4.80 Å². The maximum absolute atomic E-state index is 12.4. The summed E-state index contributed by atoms with van der Waals surface area (Å²) in [5.41, 5.74) is 0.927. The third kappa shape index (κ3) is 3.74. The number of nitro groups is 1. The summed E-state index contributed by atoms with van der Waals surface area (Å²) in [6.07, 6.45) is 8.35. The monoisotopic (exact) mass is 419 g/mol. The van der Waals surface area contributed by atoms with Crippen LogP contribution in [0.4, 0.5) is 5.00 Å². The summed E-state index contributed by atoms with van der Waals surface area (Å²) in [5.74, 6) is 2.16. The highest BCUT2D eigenvalue weighted by Gasteiger charge is 2.10. The SMILES string of the molecule is C#CCn1c(=NC(=O)/C=C/c2ccc([N+](=O)[O-])s2)sc2c3ccccc3ccc21. The van der Waals surface area contributed by atoms with Gasteiger partial charge in [0.05, 0.1) is 21.7 Å². The Kier molecular flexibility index (Phi) is 5.08. The van der Waals surface area contributed by atoms with Gasteiger partial charge >= 0.3 is 5.00 Å². The Labute approximate surface area is 173 Å². The fourth-order valence-corrected chi connectivity index (χ4v) is 4.84. The summed E-state index contributed by atoms with van der Waals surface area (Å²) in [6, 6.07) is 15.0. The van der Waals surface area contributed by atoms with Gasteiger partial charge in [0.1, 0.15) is 0 Å². The molecule has 4 rings (SSSR count). The Bertz CT molecular complexity index is 1400. The lowest BCUT2D eigenvalue weighted by molar-refractivity contribution is -0.380. The number of hydrogen-bond donors (Lipinski definition) is 0. The van der Waals surface area contributed by atoms with Crippen LogP contribution in [0.2, 0.25) is 0 Å². The summed E-state index contributed by atoms with van der Waals surface area (Å²) >= 11 is 2.41. The number of amides is 1. The van der Waals surface area contributed by atoms with Crippen LogP contribution >= 0.6 is 22.7 Å². The van der Waals surface area contributed by atoms with Crippen LogP contribution in [0, 0.1) is 22.5 Å². The van der Waals surface area contributed by atoms with Crippen LogP contribution in [0.25, 0.3) is 27.1 Å². The van der Waals surface area contributed by atoms with Crippen molar-refractivity contribution in [3.05, 3.63) is 74.4 Å². The van der Waals surface area contributed by atoms with Gasteiger partial charge in [-0.15, -0.1) is 6.42 Å². The smallest absolute Gasteiger partial charge is 0.305 e. The highest BCUT2D eigenvalue weighted by molar-refractivity contribution is 7.17. The summed E-state index contributed by atoms with van der Waals surface area (Å²) in [4.78, 5) is 28.0. The lowest BCUT2D eigenvalue weighted by atomic mass is 10.1. The Morgan fingerprint density at radius 1 is 1.21 bits per heavy atom. The summed E-state index contributed by atoms with van der Waals surface area (Å²) in [7, 11) is 0. The Morgan fingerprint density at radius 3 is 2.79 bits per heavy atom. The molecular weight excluding hydrogens is 406 g/mol. The summed E-state index contributed by atoms with van der Waals surface area (Å²) in [6.45, 7) is 0.297. The predicted molar refractivity (Wildman–Crippen MR) is 117 cm³/mol. The number of fused-ring (bicyclic) bond motifs is 3. The molecule has 0 saturated carbocycles. The fraction of sp³-hybridized carbons (Fsp3) is 0.0476. The topological polar surface area (TPSA) is 77.5 Å². The molecule has 0 N–H and O–H groups in total. The Hall–Kier alpha value is -3.54. The molecule has 1 amide bonds. The van der Waals surface area contributed by atoms with E-state index in [2.05, 4.69) is 10.9 Å². The molecule has 142 valence electrons. The zero-order valence-corrected chi connectivity index (χ0v) is 16.6. The molecular formula is C21H13N3O3S2. The van der Waals surface area contributed by atoms with Crippen LogP contribution in [-0.4, -0.2) is 15.4 Å². The van der Waals surface area contributed by atoms with Gasteiger partial charge in [-0.1, -0.05) is 58.9 Å². The van der Waals surface area contributed by atoms with Gasteiger partial charge in [-0.3, -0.25) is 14.9 Å². The zero-order chi connectivity index (χ0) is 20.4. The normalized spacial score (nSPS) is 12.0. The molecule has 0 aliphatic carbocycles. The maximum Gasteiger partial charge on any atom is 0.324 e. The zero-order valence-electron chi connectivity index (χ0n) is 14.9. The number of aromatic nitrogens is 1. The molecule has 2 aromatic carbocycles. The number of nitrogens with zero attached hydrogens (tertiary/aromatic N) is 3. The predicted octanol–water partition coefficient (Wildman–Crippen LogP) is 4.60. The van der Waals surface area contributed by atoms with Crippen molar-refractivity contribution in [2.45, 2.75) is 6.54 Å². The van der Waals surface area contributed by atoms with Crippen molar-refractivity contribution in [2.75, 3.05) is 0 Å². The quantitative estimate of drug-likeness (QED) is 0.210. The van der Waals surface area contributed by atoms with E-state index in [4.69, 9.17) is 6.42 Å². The van der Waals surface area contributed by atoms with E-state index in [1.54, 1.807) is 6.07 Å².